The molecule has 0 aliphatic heterocycles. The molecule has 2 aromatic carbocycles. The number of hydrogen-bond acceptors (Lipinski definition) is 2. The zero-order chi connectivity index (χ0) is 16.1. The lowest BCUT2D eigenvalue weighted by atomic mass is 10.2. The number of halogens is 2. The summed E-state index contributed by atoms with van der Waals surface area (Å²) in [4.78, 5) is 13.8. The lowest BCUT2D eigenvalue weighted by Crippen LogP contribution is -2.34. The van der Waals surface area contributed by atoms with E-state index in [-0.39, 0.29) is 18.3 Å². The van der Waals surface area contributed by atoms with Gasteiger partial charge in [0, 0.05) is 17.3 Å². The van der Waals surface area contributed by atoms with Crippen LogP contribution in [-0.2, 0) is 4.79 Å². The van der Waals surface area contributed by atoms with Crippen molar-refractivity contribution in [1.29, 1.82) is 0 Å². The molecule has 0 N–H and O–H groups in total. The van der Waals surface area contributed by atoms with Crippen LogP contribution in [0.25, 0.3) is 0 Å². The van der Waals surface area contributed by atoms with Gasteiger partial charge in [-0.3, -0.25) is 4.79 Å². The number of carbonyl (C=O) groups excluding carboxylic acids is 1. The van der Waals surface area contributed by atoms with Gasteiger partial charge in [-0.15, -0.1) is 0 Å². The second-order valence-corrected chi connectivity index (χ2v) is 5.22. The van der Waals surface area contributed by atoms with Crippen molar-refractivity contribution in [3.05, 3.63) is 58.9 Å². The summed E-state index contributed by atoms with van der Waals surface area (Å²) in [5, 5.41) is 0.653. The first-order valence-electron chi connectivity index (χ1n) is 6.96. The third-order valence-corrected chi connectivity index (χ3v) is 3.67. The Bertz CT molecular complexity index is 658. The Morgan fingerprint density at radius 2 is 1.91 bits per heavy atom. The lowest BCUT2D eigenvalue weighted by molar-refractivity contribution is -0.120. The standard InChI is InChI=1S/C17H17ClFNO2/c1-3-20(14-6-4-13(19)5-7-14)17(21)11-22-15-8-9-16(18)12(2)10-15/h4-10H,3,11H2,1-2H3. The Hall–Kier alpha value is -2.07. The van der Waals surface area contributed by atoms with Gasteiger partial charge in [0.1, 0.15) is 11.6 Å². The van der Waals surface area contributed by atoms with Crippen LogP contribution in [0.5, 0.6) is 5.75 Å². The minimum Gasteiger partial charge on any atom is -0.484 e. The number of amides is 1. The molecule has 0 atom stereocenters. The molecule has 0 radical (unpaired) electrons. The number of ether oxygens (including phenoxy) is 1. The average molecular weight is 322 g/mol. The van der Waals surface area contributed by atoms with E-state index in [0.29, 0.717) is 23.0 Å². The van der Waals surface area contributed by atoms with Gasteiger partial charge in [0.05, 0.1) is 0 Å². The first-order chi connectivity index (χ1) is 10.5. The van der Waals surface area contributed by atoms with Crippen molar-refractivity contribution >= 4 is 23.2 Å². The Morgan fingerprint density at radius 3 is 2.50 bits per heavy atom. The molecule has 0 saturated carbocycles. The molecule has 116 valence electrons. The molecule has 0 spiro atoms. The first-order valence-corrected chi connectivity index (χ1v) is 7.34. The zero-order valence-electron chi connectivity index (χ0n) is 12.5. The number of likely N-dealkylation sites (N-methyl/N-ethyl adjacent to an activating group) is 1. The molecule has 2 rings (SSSR count). The Labute approximate surface area is 134 Å². The molecule has 1 amide bonds. The molecule has 5 heteroatoms. The highest BCUT2D eigenvalue weighted by molar-refractivity contribution is 6.31. The van der Waals surface area contributed by atoms with Crippen LogP contribution in [0.1, 0.15) is 12.5 Å². The second kappa shape index (κ2) is 7.27. The van der Waals surface area contributed by atoms with E-state index >= 15 is 0 Å². The van der Waals surface area contributed by atoms with Gasteiger partial charge in [0.2, 0.25) is 0 Å². The summed E-state index contributed by atoms with van der Waals surface area (Å²) in [7, 11) is 0. The summed E-state index contributed by atoms with van der Waals surface area (Å²) >= 11 is 5.95. The zero-order valence-corrected chi connectivity index (χ0v) is 13.2. The van der Waals surface area contributed by atoms with Crippen molar-refractivity contribution in [3.8, 4) is 5.75 Å². The number of nitrogens with zero attached hydrogens (tertiary/aromatic N) is 1. The molecule has 0 fully saturated rings. The van der Waals surface area contributed by atoms with Gasteiger partial charge in [-0.25, -0.2) is 4.39 Å². The Kier molecular flexibility index (Phi) is 5.39. The van der Waals surface area contributed by atoms with Gasteiger partial charge >= 0.3 is 0 Å². The Balaban J connectivity index is 2.03. The third kappa shape index (κ3) is 3.98. The van der Waals surface area contributed by atoms with E-state index in [0.717, 1.165) is 5.56 Å². The molecule has 0 heterocycles. The van der Waals surface area contributed by atoms with Crippen LogP contribution in [0.15, 0.2) is 42.5 Å². The quantitative estimate of drug-likeness (QED) is 0.825. The van der Waals surface area contributed by atoms with Crippen molar-refractivity contribution in [2.24, 2.45) is 0 Å². The van der Waals surface area contributed by atoms with Gasteiger partial charge in [-0.05, 0) is 61.9 Å². The topological polar surface area (TPSA) is 29.5 Å². The van der Waals surface area contributed by atoms with Crippen LogP contribution < -0.4 is 9.64 Å². The SMILES string of the molecule is CCN(C(=O)COc1ccc(Cl)c(C)c1)c1ccc(F)cc1. The fourth-order valence-electron chi connectivity index (χ4n) is 2.05. The van der Waals surface area contributed by atoms with Gasteiger partial charge in [-0.1, -0.05) is 11.6 Å². The molecule has 2 aromatic rings. The molecule has 0 unspecified atom stereocenters. The number of hydrogen-bond donors (Lipinski definition) is 0. The number of aryl methyl sites for hydroxylation is 1. The molecule has 0 saturated heterocycles. The summed E-state index contributed by atoms with van der Waals surface area (Å²) in [6.45, 7) is 4.11. The van der Waals surface area contributed by atoms with E-state index in [1.54, 1.807) is 35.2 Å². The van der Waals surface area contributed by atoms with Crippen LogP contribution in [0.2, 0.25) is 5.02 Å². The van der Waals surface area contributed by atoms with Crippen molar-refractivity contribution in [2.45, 2.75) is 13.8 Å². The molecular weight excluding hydrogens is 305 g/mol. The number of anilines is 1. The van der Waals surface area contributed by atoms with Crippen LogP contribution in [-0.4, -0.2) is 19.1 Å². The van der Waals surface area contributed by atoms with Crippen molar-refractivity contribution in [3.63, 3.8) is 0 Å². The van der Waals surface area contributed by atoms with E-state index < -0.39 is 0 Å². The molecule has 0 aliphatic carbocycles. The third-order valence-electron chi connectivity index (χ3n) is 3.25. The normalized spacial score (nSPS) is 10.4. The van der Waals surface area contributed by atoms with Crippen molar-refractivity contribution < 1.29 is 13.9 Å². The van der Waals surface area contributed by atoms with Gasteiger partial charge < -0.3 is 9.64 Å². The molecule has 0 bridgehead atoms. The minimum absolute atomic E-state index is 0.0910. The van der Waals surface area contributed by atoms with Crippen molar-refractivity contribution in [2.75, 3.05) is 18.1 Å². The maximum atomic E-state index is 13.0. The highest BCUT2D eigenvalue weighted by Gasteiger charge is 2.14. The molecule has 22 heavy (non-hydrogen) atoms. The van der Waals surface area contributed by atoms with Crippen LogP contribution >= 0.6 is 11.6 Å². The minimum atomic E-state index is -0.333. The fraction of sp³-hybridized carbons (Fsp3) is 0.235. The largest absolute Gasteiger partial charge is 0.484 e. The number of benzene rings is 2. The van der Waals surface area contributed by atoms with E-state index in [1.165, 1.54) is 12.1 Å². The van der Waals surface area contributed by atoms with Gasteiger partial charge in [-0.2, -0.15) is 0 Å². The monoisotopic (exact) mass is 321 g/mol. The first kappa shape index (κ1) is 16.3. The predicted octanol–water partition coefficient (Wildman–Crippen LogP) is 4.22. The van der Waals surface area contributed by atoms with E-state index in [9.17, 15) is 9.18 Å². The number of carbonyl (C=O) groups is 1. The fourth-order valence-corrected chi connectivity index (χ4v) is 2.17. The molecule has 3 nitrogen and oxygen atoms in total. The summed E-state index contributed by atoms with van der Waals surface area (Å²) in [6, 6.07) is 11.0. The summed E-state index contributed by atoms with van der Waals surface area (Å²) in [5.41, 5.74) is 1.53. The lowest BCUT2D eigenvalue weighted by Gasteiger charge is -2.21. The van der Waals surface area contributed by atoms with E-state index in [2.05, 4.69) is 0 Å². The van der Waals surface area contributed by atoms with Crippen LogP contribution in [0, 0.1) is 12.7 Å². The summed E-state index contributed by atoms with van der Waals surface area (Å²) in [6.07, 6.45) is 0. The van der Waals surface area contributed by atoms with Crippen LogP contribution in [0.3, 0.4) is 0 Å². The highest BCUT2D eigenvalue weighted by atomic mass is 35.5. The maximum Gasteiger partial charge on any atom is 0.264 e. The molecular formula is C17H17ClFNO2. The van der Waals surface area contributed by atoms with E-state index in [1.807, 2.05) is 13.8 Å². The van der Waals surface area contributed by atoms with Gasteiger partial charge in [0.15, 0.2) is 6.61 Å². The van der Waals surface area contributed by atoms with E-state index in [4.69, 9.17) is 16.3 Å². The van der Waals surface area contributed by atoms with Crippen LogP contribution in [0.4, 0.5) is 10.1 Å². The predicted molar refractivity (Wildman–Crippen MR) is 86.1 cm³/mol. The molecule has 0 aliphatic rings. The van der Waals surface area contributed by atoms with Crippen molar-refractivity contribution in [1.82, 2.24) is 0 Å². The summed E-state index contributed by atoms with van der Waals surface area (Å²) in [5.74, 6) is 0.0623. The Morgan fingerprint density at radius 1 is 1.23 bits per heavy atom. The molecule has 0 aromatic heterocycles. The smallest absolute Gasteiger partial charge is 0.264 e. The van der Waals surface area contributed by atoms with Gasteiger partial charge in [0.25, 0.3) is 5.91 Å². The average Bonchev–Trinajstić information content (AvgIpc) is 2.51. The maximum absolute atomic E-state index is 13.0. The summed E-state index contributed by atoms with van der Waals surface area (Å²) < 4.78 is 18.5. The number of rotatable bonds is 5. The highest BCUT2D eigenvalue weighted by Crippen LogP contribution is 2.21. The second-order valence-electron chi connectivity index (χ2n) is 4.81.